The van der Waals surface area contributed by atoms with E-state index in [1.165, 1.54) is 12.8 Å². The molecule has 0 saturated carbocycles. The SMILES string of the molecule is CCCCOCC[C@H]1CO1. The average Bonchev–Trinajstić information content (AvgIpc) is 2.71. The van der Waals surface area contributed by atoms with Crippen molar-refractivity contribution >= 4 is 0 Å². The molecule has 0 unspecified atom stereocenters. The molecule has 1 heterocycles. The molecule has 0 aromatic carbocycles. The van der Waals surface area contributed by atoms with E-state index in [0.29, 0.717) is 6.10 Å². The number of epoxide rings is 1. The van der Waals surface area contributed by atoms with Crippen LogP contribution >= 0.6 is 0 Å². The molecule has 0 spiro atoms. The molecule has 2 heteroatoms. The second-order valence-corrected chi connectivity index (χ2v) is 2.71. The topological polar surface area (TPSA) is 21.8 Å². The van der Waals surface area contributed by atoms with Crippen LogP contribution < -0.4 is 0 Å². The molecule has 0 radical (unpaired) electrons. The summed E-state index contributed by atoms with van der Waals surface area (Å²) in [7, 11) is 0. The highest BCUT2D eigenvalue weighted by molar-refractivity contribution is 4.67. The van der Waals surface area contributed by atoms with Gasteiger partial charge in [0.2, 0.25) is 0 Å². The summed E-state index contributed by atoms with van der Waals surface area (Å²) in [4.78, 5) is 0. The van der Waals surface area contributed by atoms with Crippen molar-refractivity contribution in [3.8, 4) is 0 Å². The molecule has 1 fully saturated rings. The summed E-state index contributed by atoms with van der Waals surface area (Å²) >= 11 is 0. The first kappa shape index (κ1) is 8.02. The number of unbranched alkanes of at least 4 members (excludes halogenated alkanes) is 1. The fourth-order valence-corrected chi connectivity index (χ4v) is 0.798. The van der Waals surface area contributed by atoms with Crippen molar-refractivity contribution in [1.82, 2.24) is 0 Å². The van der Waals surface area contributed by atoms with Gasteiger partial charge in [0.25, 0.3) is 0 Å². The molecule has 0 aliphatic carbocycles. The molecule has 1 aliphatic heterocycles. The average molecular weight is 144 g/mol. The number of hydrogen-bond acceptors (Lipinski definition) is 2. The van der Waals surface area contributed by atoms with Gasteiger partial charge in [0.05, 0.1) is 12.7 Å². The van der Waals surface area contributed by atoms with Gasteiger partial charge in [0.1, 0.15) is 0 Å². The smallest absolute Gasteiger partial charge is 0.0831 e. The van der Waals surface area contributed by atoms with Crippen LogP contribution in [0.25, 0.3) is 0 Å². The highest BCUT2D eigenvalue weighted by Crippen LogP contribution is 2.12. The maximum atomic E-state index is 5.34. The predicted octanol–water partition coefficient (Wildman–Crippen LogP) is 1.59. The van der Waals surface area contributed by atoms with Gasteiger partial charge in [0, 0.05) is 13.2 Å². The van der Waals surface area contributed by atoms with Gasteiger partial charge in [-0.25, -0.2) is 0 Å². The molecule has 0 bridgehead atoms. The molecule has 60 valence electrons. The van der Waals surface area contributed by atoms with Gasteiger partial charge in [-0.3, -0.25) is 0 Å². The van der Waals surface area contributed by atoms with Crippen LogP contribution in [0.4, 0.5) is 0 Å². The summed E-state index contributed by atoms with van der Waals surface area (Å²) < 4.78 is 10.4. The van der Waals surface area contributed by atoms with E-state index in [1.54, 1.807) is 0 Å². The van der Waals surface area contributed by atoms with Gasteiger partial charge in [-0.2, -0.15) is 0 Å². The van der Waals surface area contributed by atoms with Gasteiger partial charge in [-0.05, 0) is 12.8 Å². The number of hydrogen-bond donors (Lipinski definition) is 0. The van der Waals surface area contributed by atoms with Crippen molar-refractivity contribution in [1.29, 1.82) is 0 Å². The summed E-state index contributed by atoms with van der Waals surface area (Å²) in [6, 6.07) is 0. The first-order valence-electron chi connectivity index (χ1n) is 4.13. The Morgan fingerprint density at radius 3 is 2.90 bits per heavy atom. The lowest BCUT2D eigenvalue weighted by molar-refractivity contribution is 0.123. The normalized spacial score (nSPS) is 23.1. The molecule has 10 heavy (non-hydrogen) atoms. The van der Waals surface area contributed by atoms with E-state index in [0.717, 1.165) is 26.2 Å². The molecule has 1 atom stereocenters. The van der Waals surface area contributed by atoms with E-state index >= 15 is 0 Å². The van der Waals surface area contributed by atoms with Crippen molar-refractivity contribution in [2.24, 2.45) is 0 Å². The van der Waals surface area contributed by atoms with E-state index in [1.807, 2.05) is 0 Å². The van der Waals surface area contributed by atoms with Crippen molar-refractivity contribution < 1.29 is 9.47 Å². The zero-order valence-electron chi connectivity index (χ0n) is 6.64. The minimum atomic E-state index is 0.529. The molecule has 0 aromatic rings. The van der Waals surface area contributed by atoms with E-state index in [-0.39, 0.29) is 0 Å². The largest absolute Gasteiger partial charge is 0.381 e. The first-order valence-corrected chi connectivity index (χ1v) is 4.13. The highest BCUT2D eigenvalue weighted by Gasteiger charge is 2.21. The van der Waals surface area contributed by atoms with Crippen molar-refractivity contribution in [2.45, 2.75) is 32.3 Å². The third kappa shape index (κ3) is 3.85. The standard InChI is InChI=1S/C8H16O2/c1-2-3-5-9-6-4-8-7-10-8/h8H,2-7H2,1H3/t8-/m0/s1. The Morgan fingerprint density at radius 1 is 1.50 bits per heavy atom. The van der Waals surface area contributed by atoms with E-state index < -0.39 is 0 Å². The zero-order valence-corrected chi connectivity index (χ0v) is 6.64. The number of rotatable bonds is 6. The molecule has 1 aliphatic rings. The van der Waals surface area contributed by atoms with Crippen LogP contribution in [0.5, 0.6) is 0 Å². The highest BCUT2D eigenvalue weighted by atomic mass is 16.6. The Kier molecular flexibility index (Phi) is 3.76. The lowest BCUT2D eigenvalue weighted by Crippen LogP contribution is -1.99. The predicted molar refractivity (Wildman–Crippen MR) is 40.1 cm³/mol. The summed E-state index contributed by atoms with van der Waals surface area (Å²) in [5.41, 5.74) is 0. The Morgan fingerprint density at radius 2 is 2.30 bits per heavy atom. The van der Waals surface area contributed by atoms with E-state index in [2.05, 4.69) is 6.92 Å². The molecule has 0 aromatic heterocycles. The molecular weight excluding hydrogens is 128 g/mol. The fourth-order valence-electron chi connectivity index (χ4n) is 0.798. The summed E-state index contributed by atoms with van der Waals surface area (Å²) in [6.07, 6.45) is 4.02. The molecule has 0 amide bonds. The Hall–Kier alpha value is -0.0800. The molecule has 1 rings (SSSR count). The van der Waals surface area contributed by atoms with Crippen LogP contribution in [0.3, 0.4) is 0 Å². The zero-order chi connectivity index (χ0) is 7.23. The molecular formula is C8H16O2. The van der Waals surface area contributed by atoms with Gasteiger partial charge < -0.3 is 9.47 Å². The van der Waals surface area contributed by atoms with Gasteiger partial charge in [-0.1, -0.05) is 13.3 Å². The minimum Gasteiger partial charge on any atom is -0.381 e. The van der Waals surface area contributed by atoms with E-state index in [4.69, 9.17) is 9.47 Å². The van der Waals surface area contributed by atoms with Crippen LogP contribution in [0.15, 0.2) is 0 Å². The lowest BCUT2D eigenvalue weighted by Gasteiger charge is -1.99. The molecule has 0 N–H and O–H groups in total. The fraction of sp³-hybridized carbons (Fsp3) is 1.00. The minimum absolute atomic E-state index is 0.529. The van der Waals surface area contributed by atoms with Gasteiger partial charge in [0.15, 0.2) is 0 Å². The van der Waals surface area contributed by atoms with Crippen molar-refractivity contribution in [3.63, 3.8) is 0 Å². The van der Waals surface area contributed by atoms with E-state index in [9.17, 15) is 0 Å². The summed E-state index contributed by atoms with van der Waals surface area (Å²) in [6.45, 7) is 4.93. The van der Waals surface area contributed by atoms with Crippen molar-refractivity contribution in [3.05, 3.63) is 0 Å². The quantitative estimate of drug-likeness (QED) is 0.417. The van der Waals surface area contributed by atoms with Crippen LogP contribution in [0.1, 0.15) is 26.2 Å². The Bertz CT molecular complexity index is 79.3. The first-order chi connectivity index (χ1) is 4.93. The second-order valence-electron chi connectivity index (χ2n) is 2.71. The lowest BCUT2D eigenvalue weighted by atomic mass is 10.3. The van der Waals surface area contributed by atoms with Gasteiger partial charge >= 0.3 is 0 Å². The van der Waals surface area contributed by atoms with Crippen molar-refractivity contribution in [2.75, 3.05) is 19.8 Å². The maximum absolute atomic E-state index is 5.34. The van der Waals surface area contributed by atoms with Crippen LogP contribution in [-0.4, -0.2) is 25.9 Å². The Balaban J connectivity index is 1.68. The van der Waals surface area contributed by atoms with Crippen LogP contribution in [0.2, 0.25) is 0 Å². The third-order valence-electron chi connectivity index (χ3n) is 1.63. The third-order valence-corrected chi connectivity index (χ3v) is 1.63. The summed E-state index contributed by atoms with van der Waals surface area (Å²) in [5, 5.41) is 0. The number of ether oxygens (including phenoxy) is 2. The van der Waals surface area contributed by atoms with Gasteiger partial charge in [-0.15, -0.1) is 0 Å². The Labute approximate surface area is 62.5 Å². The maximum Gasteiger partial charge on any atom is 0.0831 e. The summed E-state index contributed by atoms with van der Waals surface area (Å²) in [5.74, 6) is 0. The van der Waals surface area contributed by atoms with Crippen LogP contribution in [-0.2, 0) is 9.47 Å². The monoisotopic (exact) mass is 144 g/mol. The molecule has 1 saturated heterocycles. The molecule has 2 nitrogen and oxygen atoms in total. The van der Waals surface area contributed by atoms with Crippen LogP contribution in [0, 0.1) is 0 Å². The second kappa shape index (κ2) is 4.69.